The molecule has 7 heteroatoms. The van der Waals surface area contributed by atoms with Gasteiger partial charge in [0, 0.05) is 18.2 Å². The Kier molecular flexibility index (Phi) is 7.74. The van der Waals surface area contributed by atoms with Crippen LogP contribution in [0.15, 0.2) is 35.8 Å². The molecule has 0 atom stereocenters. The summed E-state index contributed by atoms with van der Waals surface area (Å²) < 4.78 is 34.9. The summed E-state index contributed by atoms with van der Waals surface area (Å²) in [4.78, 5) is 4.06. The van der Waals surface area contributed by atoms with E-state index in [4.69, 9.17) is 10.5 Å². The number of rotatable bonds is 9. The maximum Gasteiger partial charge on any atom is 0.387 e. The van der Waals surface area contributed by atoms with Gasteiger partial charge in [-0.25, -0.2) is 4.99 Å². The summed E-state index contributed by atoms with van der Waals surface area (Å²) >= 11 is 0. The van der Waals surface area contributed by atoms with Gasteiger partial charge in [-0.3, -0.25) is 0 Å². The van der Waals surface area contributed by atoms with Crippen molar-refractivity contribution in [2.24, 2.45) is 10.7 Å². The topological polar surface area (TPSA) is 68.9 Å². The van der Waals surface area contributed by atoms with E-state index in [0.29, 0.717) is 24.5 Å². The average Bonchev–Trinajstić information content (AvgIpc) is 2.49. The van der Waals surface area contributed by atoms with E-state index in [2.05, 4.69) is 21.6 Å². The monoisotopic (exact) mass is 313 g/mol. The highest BCUT2D eigenvalue weighted by Gasteiger charge is 2.11. The number of nitrogens with zero attached hydrogens (tertiary/aromatic N) is 1. The lowest BCUT2D eigenvalue weighted by Crippen LogP contribution is -2.31. The van der Waals surface area contributed by atoms with E-state index < -0.39 is 6.61 Å². The molecule has 0 saturated carbocycles. The van der Waals surface area contributed by atoms with Gasteiger partial charge in [0.15, 0.2) is 5.96 Å². The number of guanidine groups is 1. The molecule has 0 bridgehead atoms. The first-order valence-corrected chi connectivity index (χ1v) is 6.92. The van der Waals surface area contributed by atoms with Crippen molar-refractivity contribution in [1.29, 1.82) is 0 Å². The van der Waals surface area contributed by atoms with Crippen LogP contribution >= 0.6 is 0 Å². The molecule has 0 fully saturated rings. The van der Waals surface area contributed by atoms with E-state index in [1.54, 1.807) is 18.2 Å². The Balaban J connectivity index is 2.84. The molecule has 22 heavy (non-hydrogen) atoms. The molecular formula is C15H21F2N3O2. The number of ether oxygens (including phenoxy) is 2. The van der Waals surface area contributed by atoms with Crippen molar-refractivity contribution < 1.29 is 18.3 Å². The SMILES string of the molecule is C=CCNC(N)=NCc1ccc(OCCC)cc1OC(F)F. The van der Waals surface area contributed by atoms with Crippen LogP contribution in [-0.4, -0.2) is 25.7 Å². The molecule has 1 aromatic carbocycles. The number of alkyl halides is 2. The van der Waals surface area contributed by atoms with Gasteiger partial charge >= 0.3 is 6.61 Å². The molecule has 0 saturated heterocycles. The van der Waals surface area contributed by atoms with Gasteiger partial charge in [-0.15, -0.1) is 6.58 Å². The van der Waals surface area contributed by atoms with Crippen LogP contribution in [0.5, 0.6) is 11.5 Å². The van der Waals surface area contributed by atoms with Gasteiger partial charge in [0.1, 0.15) is 11.5 Å². The summed E-state index contributed by atoms with van der Waals surface area (Å²) in [6, 6.07) is 4.75. The van der Waals surface area contributed by atoms with Gasteiger partial charge in [-0.05, 0) is 18.6 Å². The molecule has 0 unspecified atom stereocenters. The fourth-order valence-electron chi connectivity index (χ4n) is 1.58. The van der Waals surface area contributed by atoms with Crippen LogP contribution < -0.4 is 20.5 Å². The number of hydrogen-bond acceptors (Lipinski definition) is 3. The van der Waals surface area contributed by atoms with Gasteiger partial charge < -0.3 is 20.5 Å². The Morgan fingerprint density at radius 1 is 1.50 bits per heavy atom. The fraction of sp³-hybridized carbons (Fsp3) is 0.400. The zero-order chi connectivity index (χ0) is 16.4. The van der Waals surface area contributed by atoms with Crippen molar-refractivity contribution in [3.05, 3.63) is 36.4 Å². The zero-order valence-corrected chi connectivity index (χ0v) is 12.5. The highest BCUT2D eigenvalue weighted by molar-refractivity contribution is 5.77. The summed E-state index contributed by atoms with van der Waals surface area (Å²) in [5.41, 5.74) is 6.13. The number of hydrogen-bond donors (Lipinski definition) is 2. The summed E-state index contributed by atoms with van der Waals surface area (Å²) in [5, 5.41) is 2.80. The van der Waals surface area contributed by atoms with E-state index in [1.807, 2.05) is 6.92 Å². The molecule has 5 nitrogen and oxygen atoms in total. The molecule has 0 spiro atoms. The standard InChI is InChI=1S/C15H21F2N3O2/c1-3-7-19-15(18)20-10-11-5-6-12(21-8-4-2)9-13(11)22-14(16)17/h3,5-6,9,14H,1,4,7-8,10H2,2H3,(H3,18,19,20). The lowest BCUT2D eigenvalue weighted by atomic mass is 10.2. The smallest absolute Gasteiger partial charge is 0.387 e. The number of halogens is 2. The van der Waals surface area contributed by atoms with Crippen LogP contribution in [0.25, 0.3) is 0 Å². The van der Waals surface area contributed by atoms with Gasteiger partial charge in [0.2, 0.25) is 0 Å². The van der Waals surface area contributed by atoms with Crippen LogP contribution in [0.3, 0.4) is 0 Å². The van der Waals surface area contributed by atoms with Crippen LogP contribution in [0, 0.1) is 0 Å². The first kappa shape index (κ1) is 17.7. The molecule has 0 radical (unpaired) electrons. The predicted octanol–water partition coefficient (Wildman–Crippen LogP) is 2.67. The summed E-state index contributed by atoms with van der Waals surface area (Å²) in [5.74, 6) is 0.709. The molecule has 0 amide bonds. The minimum atomic E-state index is -2.92. The number of nitrogens with two attached hydrogens (primary N) is 1. The largest absolute Gasteiger partial charge is 0.493 e. The van der Waals surface area contributed by atoms with Gasteiger partial charge in [-0.2, -0.15) is 8.78 Å². The molecule has 0 aliphatic rings. The van der Waals surface area contributed by atoms with Crippen molar-refractivity contribution in [1.82, 2.24) is 5.32 Å². The van der Waals surface area contributed by atoms with Gasteiger partial charge in [0.25, 0.3) is 0 Å². The molecule has 0 aromatic heterocycles. The summed E-state index contributed by atoms with van der Waals surface area (Å²) in [6.45, 7) is 3.68. The Bertz CT molecular complexity index is 508. The van der Waals surface area contributed by atoms with Crippen LogP contribution in [0.2, 0.25) is 0 Å². The Morgan fingerprint density at radius 2 is 2.27 bits per heavy atom. The number of benzene rings is 1. The van der Waals surface area contributed by atoms with E-state index >= 15 is 0 Å². The molecule has 122 valence electrons. The molecule has 0 aliphatic carbocycles. The van der Waals surface area contributed by atoms with Gasteiger partial charge in [-0.1, -0.05) is 13.0 Å². The molecule has 1 aromatic rings. The maximum absolute atomic E-state index is 12.5. The highest BCUT2D eigenvalue weighted by Crippen LogP contribution is 2.27. The van der Waals surface area contributed by atoms with E-state index in [0.717, 1.165) is 6.42 Å². The molecular weight excluding hydrogens is 292 g/mol. The molecule has 0 heterocycles. The Labute approximate surface area is 128 Å². The van der Waals surface area contributed by atoms with Crippen molar-refractivity contribution in [2.45, 2.75) is 26.5 Å². The second-order valence-electron chi connectivity index (χ2n) is 4.37. The first-order valence-electron chi connectivity index (χ1n) is 6.92. The normalized spacial score (nSPS) is 11.4. The third-order valence-corrected chi connectivity index (χ3v) is 2.57. The molecule has 3 N–H and O–H groups in total. The molecule has 0 aliphatic heterocycles. The predicted molar refractivity (Wildman–Crippen MR) is 82.4 cm³/mol. The van der Waals surface area contributed by atoms with E-state index in [-0.39, 0.29) is 18.3 Å². The fourth-order valence-corrected chi connectivity index (χ4v) is 1.58. The Hall–Kier alpha value is -2.31. The second kappa shape index (κ2) is 9.59. The van der Waals surface area contributed by atoms with Gasteiger partial charge in [0.05, 0.1) is 13.2 Å². The van der Waals surface area contributed by atoms with E-state index in [1.165, 1.54) is 6.07 Å². The minimum absolute atomic E-state index is 0.0314. The second-order valence-corrected chi connectivity index (χ2v) is 4.37. The lowest BCUT2D eigenvalue weighted by molar-refractivity contribution is -0.0505. The van der Waals surface area contributed by atoms with E-state index in [9.17, 15) is 8.78 Å². The highest BCUT2D eigenvalue weighted by atomic mass is 19.3. The summed E-state index contributed by atoms with van der Waals surface area (Å²) in [6.07, 6.45) is 2.45. The van der Waals surface area contributed by atoms with Crippen molar-refractivity contribution in [3.8, 4) is 11.5 Å². The minimum Gasteiger partial charge on any atom is -0.493 e. The van der Waals surface area contributed by atoms with Crippen LogP contribution in [-0.2, 0) is 6.54 Å². The van der Waals surface area contributed by atoms with Crippen LogP contribution in [0.4, 0.5) is 8.78 Å². The third-order valence-electron chi connectivity index (χ3n) is 2.57. The maximum atomic E-state index is 12.5. The quantitative estimate of drug-likeness (QED) is 0.418. The molecule has 1 rings (SSSR count). The third kappa shape index (κ3) is 6.43. The summed E-state index contributed by atoms with van der Waals surface area (Å²) in [7, 11) is 0. The van der Waals surface area contributed by atoms with Crippen molar-refractivity contribution in [3.63, 3.8) is 0 Å². The van der Waals surface area contributed by atoms with Crippen molar-refractivity contribution in [2.75, 3.05) is 13.2 Å². The lowest BCUT2D eigenvalue weighted by Gasteiger charge is -2.12. The zero-order valence-electron chi connectivity index (χ0n) is 12.5. The Morgan fingerprint density at radius 3 is 2.91 bits per heavy atom. The van der Waals surface area contributed by atoms with Crippen molar-refractivity contribution >= 4 is 5.96 Å². The number of nitrogens with one attached hydrogen (secondary N) is 1. The average molecular weight is 313 g/mol. The number of aliphatic imine (C=N–C) groups is 1. The first-order chi connectivity index (χ1) is 10.6. The van der Waals surface area contributed by atoms with Crippen LogP contribution in [0.1, 0.15) is 18.9 Å².